The number of rotatable bonds is 11. The Morgan fingerprint density at radius 1 is 1.12 bits per heavy atom. The Labute approximate surface area is 98.7 Å². The first-order chi connectivity index (χ1) is 7.81. The number of hydrogen-bond acceptors (Lipinski definition) is 3. The Balaban J connectivity index is 3.12. The summed E-state index contributed by atoms with van der Waals surface area (Å²) >= 11 is 0. The lowest BCUT2D eigenvalue weighted by Gasteiger charge is -2.02. The van der Waals surface area contributed by atoms with Gasteiger partial charge in [0.25, 0.3) is 0 Å². The molecular formula is C13H24O3. The molecular weight excluding hydrogens is 204 g/mol. The minimum absolute atomic E-state index is 0.253. The molecule has 0 spiro atoms. The summed E-state index contributed by atoms with van der Waals surface area (Å²) < 4.78 is 0. The van der Waals surface area contributed by atoms with Gasteiger partial charge in [0.15, 0.2) is 0 Å². The van der Waals surface area contributed by atoms with Crippen molar-refractivity contribution in [3.05, 3.63) is 12.7 Å². The van der Waals surface area contributed by atoms with Crippen LogP contribution in [-0.2, 0) is 14.6 Å². The first kappa shape index (κ1) is 15.2. The molecule has 3 heteroatoms. The highest BCUT2D eigenvalue weighted by Crippen LogP contribution is 2.08. The summed E-state index contributed by atoms with van der Waals surface area (Å²) in [5.74, 6) is -0.282. The summed E-state index contributed by atoms with van der Waals surface area (Å²) in [4.78, 5) is 20.2. The van der Waals surface area contributed by atoms with Crippen molar-refractivity contribution in [1.82, 2.24) is 0 Å². The second-order valence-corrected chi connectivity index (χ2v) is 3.90. The van der Waals surface area contributed by atoms with E-state index in [1.54, 1.807) is 6.08 Å². The zero-order chi connectivity index (χ0) is 12.1. The first-order valence-electron chi connectivity index (χ1n) is 6.24. The maximum atomic E-state index is 11.1. The van der Waals surface area contributed by atoms with Crippen molar-refractivity contribution in [2.45, 2.75) is 58.3 Å². The molecule has 0 saturated carbocycles. The van der Waals surface area contributed by atoms with E-state index in [-0.39, 0.29) is 12.6 Å². The number of unbranched alkanes of at least 4 members (excludes halogenated alkanes) is 6. The van der Waals surface area contributed by atoms with Crippen molar-refractivity contribution in [3.8, 4) is 0 Å². The average Bonchev–Trinajstić information content (AvgIpc) is 2.28. The molecule has 0 aliphatic carbocycles. The van der Waals surface area contributed by atoms with Crippen molar-refractivity contribution < 1.29 is 14.6 Å². The fourth-order valence-corrected chi connectivity index (χ4v) is 1.42. The maximum Gasteiger partial charge on any atom is 0.342 e. The van der Waals surface area contributed by atoms with Crippen LogP contribution in [0.15, 0.2) is 12.7 Å². The molecule has 0 atom stereocenters. The van der Waals surface area contributed by atoms with Crippen molar-refractivity contribution >= 4 is 5.97 Å². The monoisotopic (exact) mass is 228 g/mol. The van der Waals surface area contributed by atoms with Crippen molar-refractivity contribution in [2.24, 2.45) is 0 Å². The molecule has 0 radical (unpaired) electrons. The molecule has 0 amide bonds. The second-order valence-electron chi connectivity index (χ2n) is 3.90. The van der Waals surface area contributed by atoms with Crippen LogP contribution >= 0.6 is 0 Å². The first-order valence-corrected chi connectivity index (χ1v) is 6.24. The lowest BCUT2D eigenvalue weighted by Crippen LogP contribution is -2.05. The Hall–Kier alpha value is -0.830. The van der Waals surface area contributed by atoms with Gasteiger partial charge in [0, 0.05) is 6.42 Å². The molecule has 0 unspecified atom stereocenters. The molecule has 0 rings (SSSR count). The van der Waals surface area contributed by atoms with Crippen LogP contribution < -0.4 is 0 Å². The molecule has 3 nitrogen and oxygen atoms in total. The quantitative estimate of drug-likeness (QED) is 0.233. The van der Waals surface area contributed by atoms with Gasteiger partial charge in [-0.1, -0.05) is 51.5 Å². The van der Waals surface area contributed by atoms with Crippen LogP contribution in [0.25, 0.3) is 0 Å². The number of carbonyl (C=O) groups is 1. The van der Waals surface area contributed by atoms with Crippen LogP contribution in [-0.4, -0.2) is 12.6 Å². The Bertz CT molecular complexity index is 178. The van der Waals surface area contributed by atoms with Gasteiger partial charge in [-0.3, -0.25) is 4.89 Å². The number of hydrogen-bond donors (Lipinski definition) is 0. The van der Waals surface area contributed by atoms with Gasteiger partial charge in [0.2, 0.25) is 0 Å². The summed E-state index contributed by atoms with van der Waals surface area (Å²) in [5.41, 5.74) is 0. The van der Waals surface area contributed by atoms with E-state index in [4.69, 9.17) is 0 Å². The molecule has 0 aromatic carbocycles. The van der Waals surface area contributed by atoms with E-state index in [2.05, 4.69) is 23.3 Å². The molecule has 0 aliphatic rings. The second kappa shape index (κ2) is 12.2. The SMILES string of the molecule is C=CCOOC(=O)CCCCCCCCC. The molecule has 0 saturated heterocycles. The molecule has 94 valence electrons. The van der Waals surface area contributed by atoms with E-state index in [1.165, 1.54) is 32.1 Å². The standard InChI is InChI=1S/C13H24O3/c1-3-5-6-7-8-9-10-11-13(14)16-15-12-4-2/h4H,2-3,5-12H2,1H3. The average molecular weight is 228 g/mol. The zero-order valence-electron chi connectivity index (χ0n) is 10.4. The summed E-state index contributed by atoms with van der Waals surface area (Å²) in [6, 6.07) is 0. The fraction of sp³-hybridized carbons (Fsp3) is 0.769. The van der Waals surface area contributed by atoms with Crippen molar-refractivity contribution in [1.29, 1.82) is 0 Å². The van der Waals surface area contributed by atoms with E-state index in [0.717, 1.165) is 12.8 Å². The minimum Gasteiger partial charge on any atom is -0.298 e. The third kappa shape index (κ3) is 11.2. The largest absolute Gasteiger partial charge is 0.342 e. The highest BCUT2D eigenvalue weighted by molar-refractivity contribution is 5.68. The van der Waals surface area contributed by atoms with Gasteiger partial charge in [-0.05, 0) is 6.42 Å². The van der Waals surface area contributed by atoms with Gasteiger partial charge in [0.1, 0.15) is 6.61 Å². The molecule has 0 aliphatic heterocycles. The van der Waals surface area contributed by atoms with Crippen molar-refractivity contribution in [3.63, 3.8) is 0 Å². The predicted octanol–water partition coefficient (Wildman–Crippen LogP) is 3.79. The van der Waals surface area contributed by atoms with Gasteiger partial charge in [-0.25, -0.2) is 4.79 Å². The van der Waals surface area contributed by atoms with E-state index in [9.17, 15) is 4.79 Å². The van der Waals surface area contributed by atoms with Crippen LogP contribution in [0.1, 0.15) is 58.3 Å². The lowest BCUT2D eigenvalue weighted by atomic mass is 10.1. The Morgan fingerprint density at radius 2 is 1.75 bits per heavy atom. The topological polar surface area (TPSA) is 35.5 Å². The number of carbonyl (C=O) groups excluding carboxylic acids is 1. The molecule has 0 bridgehead atoms. The zero-order valence-corrected chi connectivity index (χ0v) is 10.4. The van der Waals surface area contributed by atoms with Crippen molar-refractivity contribution in [2.75, 3.05) is 6.61 Å². The normalized spacial score (nSPS) is 10.1. The maximum absolute atomic E-state index is 11.1. The van der Waals surface area contributed by atoms with Gasteiger partial charge in [-0.2, -0.15) is 4.89 Å². The summed E-state index contributed by atoms with van der Waals surface area (Å²) in [7, 11) is 0. The molecule has 0 N–H and O–H groups in total. The molecule has 0 aromatic heterocycles. The third-order valence-electron chi connectivity index (χ3n) is 2.32. The van der Waals surface area contributed by atoms with Crippen LogP contribution in [0.2, 0.25) is 0 Å². The predicted molar refractivity (Wildman–Crippen MR) is 64.9 cm³/mol. The summed E-state index contributed by atoms with van der Waals surface area (Å²) in [5, 5.41) is 0. The van der Waals surface area contributed by atoms with Gasteiger partial charge in [0.05, 0.1) is 0 Å². The van der Waals surface area contributed by atoms with Gasteiger partial charge < -0.3 is 0 Å². The smallest absolute Gasteiger partial charge is 0.298 e. The van der Waals surface area contributed by atoms with Gasteiger partial charge in [-0.15, -0.1) is 6.58 Å². The van der Waals surface area contributed by atoms with E-state index >= 15 is 0 Å². The van der Waals surface area contributed by atoms with Crippen LogP contribution in [0.4, 0.5) is 0 Å². The summed E-state index contributed by atoms with van der Waals surface area (Å²) in [6.45, 7) is 5.91. The third-order valence-corrected chi connectivity index (χ3v) is 2.32. The summed E-state index contributed by atoms with van der Waals surface area (Å²) in [6.07, 6.45) is 10.4. The molecule has 0 heterocycles. The molecule has 16 heavy (non-hydrogen) atoms. The van der Waals surface area contributed by atoms with Crippen LogP contribution in [0.3, 0.4) is 0 Å². The van der Waals surface area contributed by atoms with E-state index in [1.807, 2.05) is 0 Å². The fourth-order valence-electron chi connectivity index (χ4n) is 1.42. The van der Waals surface area contributed by atoms with Crippen LogP contribution in [0, 0.1) is 0 Å². The highest BCUT2D eigenvalue weighted by atomic mass is 17.2. The Kier molecular flexibility index (Phi) is 11.6. The highest BCUT2D eigenvalue weighted by Gasteiger charge is 2.02. The lowest BCUT2D eigenvalue weighted by molar-refractivity contribution is -0.265. The Morgan fingerprint density at radius 3 is 2.38 bits per heavy atom. The van der Waals surface area contributed by atoms with Gasteiger partial charge >= 0.3 is 5.97 Å². The van der Waals surface area contributed by atoms with E-state index in [0.29, 0.717) is 6.42 Å². The van der Waals surface area contributed by atoms with Crippen LogP contribution in [0.5, 0.6) is 0 Å². The molecule has 0 fully saturated rings. The van der Waals surface area contributed by atoms with E-state index < -0.39 is 0 Å². The molecule has 0 aromatic rings. The minimum atomic E-state index is -0.282.